The molecular formula is C20H36NS+. The van der Waals surface area contributed by atoms with Crippen LogP contribution < -0.4 is 0 Å². The Morgan fingerprint density at radius 1 is 0.682 bits per heavy atom. The summed E-state index contributed by atoms with van der Waals surface area (Å²) in [4.78, 5) is 0. The predicted molar refractivity (Wildman–Crippen MR) is 103 cm³/mol. The van der Waals surface area contributed by atoms with Crippen LogP contribution in [0.3, 0.4) is 0 Å². The van der Waals surface area contributed by atoms with Crippen LogP contribution in [-0.2, 0) is 0 Å². The van der Waals surface area contributed by atoms with Gasteiger partial charge in [0.05, 0.1) is 7.05 Å². The highest BCUT2D eigenvalue weighted by Crippen LogP contribution is 2.18. The number of hydrogen-bond donors (Lipinski definition) is 0. The largest absolute Gasteiger partial charge is 0.265 e. The quantitative estimate of drug-likeness (QED) is 0.270. The summed E-state index contributed by atoms with van der Waals surface area (Å²) in [6.45, 7) is 2.29. The van der Waals surface area contributed by atoms with Gasteiger partial charge in [-0.05, 0) is 24.3 Å². The average molecular weight is 323 g/mol. The van der Waals surface area contributed by atoms with Gasteiger partial charge in [-0.1, -0.05) is 76.9 Å². The van der Waals surface area contributed by atoms with Gasteiger partial charge >= 0.3 is 0 Å². The number of hydrogen-bond acceptors (Lipinski definition) is 1. The summed E-state index contributed by atoms with van der Waals surface area (Å²) >= 11 is 2.09. The number of nitrogens with zero attached hydrogens (tertiary/aromatic N) is 1. The fraction of sp³-hybridized carbons (Fsp3) is 0.700. The van der Waals surface area contributed by atoms with Crippen molar-refractivity contribution in [2.45, 2.75) is 71.1 Å². The summed E-state index contributed by atoms with van der Waals surface area (Å²) in [5.74, 6) is 2.45. The zero-order valence-electron chi connectivity index (χ0n) is 14.8. The van der Waals surface area contributed by atoms with Gasteiger partial charge in [-0.15, -0.1) is 11.8 Å². The molecule has 1 nitrogen and oxygen atoms in total. The van der Waals surface area contributed by atoms with Crippen LogP contribution in [0.4, 0.5) is 0 Å². The molecule has 0 saturated heterocycles. The first-order chi connectivity index (χ1) is 10.8. The van der Waals surface area contributed by atoms with E-state index in [0.717, 1.165) is 10.4 Å². The maximum atomic E-state index is 2.29. The standard InChI is InChI=1S/C20H36NS/c1-3-4-5-6-7-8-9-10-13-16-19-22-20-21(2)17-14-11-12-15-18-21/h11-12,14-15,17-18H,3-10,13,16,19-20H2,1-2H3/q+1. The molecule has 0 radical (unpaired) electrons. The second kappa shape index (κ2) is 13.0. The Morgan fingerprint density at radius 3 is 1.73 bits per heavy atom. The molecule has 0 atom stereocenters. The fourth-order valence-electron chi connectivity index (χ4n) is 2.71. The lowest BCUT2D eigenvalue weighted by molar-refractivity contribution is -0.791. The topological polar surface area (TPSA) is 0 Å². The lowest BCUT2D eigenvalue weighted by Gasteiger charge is -2.24. The number of thioether (sulfide) groups is 1. The van der Waals surface area contributed by atoms with Crippen molar-refractivity contribution in [3.8, 4) is 0 Å². The second-order valence-corrected chi connectivity index (χ2v) is 7.71. The Kier molecular flexibility index (Phi) is 11.6. The van der Waals surface area contributed by atoms with Crippen LogP contribution in [0.15, 0.2) is 36.7 Å². The van der Waals surface area contributed by atoms with E-state index in [2.05, 4.69) is 62.4 Å². The number of unbranched alkanes of at least 4 members (excludes halogenated alkanes) is 9. The molecule has 0 aromatic heterocycles. The Bertz CT molecular complexity index is 328. The van der Waals surface area contributed by atoms with Crippen LogP contribution in [-0.4, -0.2) is 23.2 Å². The molecule has 0 aromatic rings. The van der Waals surface area contributed by atoms with E-state index < -0.39 is 0 Å². The van der Waals surface area contributed by atoms with Crippen LogP contribution in [0.25, 0.3) is 0 Å². The highest BCUT2D eigenvalue weighted by Gasteiger charge is 2.14. The van der Waals surface area contributed by atoms with Gasteiger partial charge in [-0.3, -0.25) is 4.48 Å². The smallest absolute Gasteiger partial charge is 0.134 e. The third-order valence-electron chi connectivity index (χ3n) is 4.20. The Balaban J connectivity index is 1.87. The van der Waals surface area contributed by atoms with E-state index in [-0.39, 0.29) is 0 Å². The lowest BCUT2D eigenvalue weighted by atomic mass is 10.1. The van der Waals surface area contributed by atoms with Gasteiger partial charge in [-0.25, -0.2) is 0 Å². The maximum Gasteiger partial charge on any atom is 0.134 e. The van der Waals surface area contributed by atoms with Crippen molar-refractivity contribution in [3.05, 3.63) is 36.7 Å². The monoisotopic (exact) mass is 322 g/mol. The molecule has 0 fully saturated rings. The SMILES string of the molecule is CCCCCCCCCCCCSC[N+]1(C)C=CC=CC=C1. The normalized spacial score (nSPS) is 16.1. The molecule has 126 valence electrons. The molecule has 0 amide bonds. The van der Waals surface area contributed by atoms with E-state index in [1.165, 1.54) is 70.0 Å². The van der Waals surface area contributed by atoms with Crippen LogP contribution in [0, 0.1) is 0 Å². The predicted octanol–water partition coefficient (Wildman–Crippen LogP) is 6.64. The molecule has 0 bridgehead atoms. The minimum Gasteiger partial charge on any atom is -0.265 e. The number of rotatable bonds is 13. The molecule has 2 heteroatoms. The molecule has 22 heavy (non-hydrogen) atoms. The van der Waals surface area contributed by atoms with Gasteiger partial charge in [-0.2, -0.15) is 0 Å². The van der Waals surface area contributed by atoms with E-state index in [1.54, 1.807) is 0 Å². The molecule has 0 aromatic carbocycles. The van der Waals surface area contributed by atoms with E-state index >= 15 is 0 Å². The first-order valence-corrected chi connectivity index (χ1v) is 10.4. The van der Waals surface area contributed by atoms with Crippen LogP contribution in [0.5, 0.6) is 0 Å². The Morgan fingerprint density at radius 2 is 1.18 bits per heavy atom. The van der Waals surface area contributed by atoms with Crippen molar-refractivity contribution in [2.75, 3.05) is 18.7 Å². The van der Waals surface area contributed by atoms with Gasteiger partial charge in [0.1, 0.15) is 18.3 Å². The van der Waals surface area contributed by atoms with Gasteiger partial charge in [0.15, 0.2) is 0 Å². The van der Waals surface area contributed by atoms with Gasteiger partial charge in [0.2, 0.25) is 0 Å². The van der Waals surface area contributed by atoms with Crippen molar-refractivity contribution < 1.29 is 4.48 Å². The molecule has 0 spiro atoms. The van der Waals surface area contributed by atoms with Crippen molar-refractivity contribution in [1.82, 2.24) is 0 Å². The summed E-state index contributed by atoms with van der Waals surface area (Å²) in [6.07, 6.45) is 27.3. The average Bonchev–Trinajstić information content (AvgIpc) is 2.73. The molecule has 0 N–H and O–H groups in total. The number of quaternary nitrogens is 1. The highest BCUT2D eigenvalue weighted by molar-refractivity contribution is 7.99. The van der Waals surface area contributed by atoms with Gasteiger partial charge < -0.3 is 0 Å². The summed E-state index contributed by atoms with van der Waals surface area (Å²) in [5, 5.41) is 0. The van der Waals surface area contributed by atoms with Gasteiger partial charge in [0.25, 0.3) is 0 Å². The summed E-state index contributed by atoms with van der Waals surface area (Å²) in [6, 6.07) is 0. The zero-order valence-corrected chi connectivity index (χ0v) is 15.6. The van der Waals surface area contributed by atoms with Crippen molar-refractivity contribution in [1.29, 1.82) is 0 Å². The summed E-state index contributed by atoms with van der Waals surface area (Å²) < 4.78 is 0.912. The van der Waals surface area contributed by atoms with E-state index in [9.17, 15) is 0 Å². The summed E-state index contributed by atoms with van der Waals surface area (Å²) in [7, 11) is 2.27. The summed E-state index contributed by atoms with van der Waals surface area (Å²) in [5.41, 5.74) is 0. The molecule has 0 aliphatic carbocycles. The first kappa shape index (κ1) is 19.6. The second-order valence-electron chi connectivity index (χ2n) is 6.63. The van der Waals surface area contributed by atoms with Crippen LogP contribution in [0.1, 0.15) is 71.1 Å². The molecule has 0 unspecified atom stereocenters. The molecule has 1 aliphatic heterocycles. The molecule has 1 aliphatic rings. The molecule has 1 rings (SSSR count). The number of allylic oxidation sites excluding steroid dienone is 4. The van der Waals surface area contributed by atoms with Crippen molar-refractivity contribution >= 4 is 11.8 Å². The van der Waals surface area contributed by atoms with Crippen molar-refractivity contribution in [2.24, 2.45) is 0 Å². The van der Waals surface area contributed by atoms with E-state index in [0.29, 0.717) is 0 Å². The Hall–Kier alpha value is -0.470. The molecule has 0 saturated carbocycles. The Labute approximate surface area is 143 Å². The van der Waals surface area contributed by atoms with Gasteiger partial charge in [0, 0.05) is 0 Å². The van der Waals surface area contributed by atoms with E-state index in [1.807, 2.05) is 0 Å². The van der Waals surface area contributed by atoms with Crippen molar-refractivity contribution in [3.63, 3.8) is 0 Å². The van der Waals surface area contributed by atoms with E-state index in [4.69, 9.17) is 0 Å². The molecule has 1 heterocycles. The zero-order chi connectivity index (χ0) is 15.9. The molecular weight excluding hydrogens is 286 g/mol. The third kappa shape index (κ3) is 10.3. The minimum absolute atomic E-state index is 0.912. The highest BCUT2D eigenvalue weighted by atomic mass is 32.2. The fourth-order valence-corrected chi connectivity index (χ4v) is 3.81. The maximum absolute atomic E-state index is 2.29. The van der Waals surface area contributed by atoms with Crippen LogP contribution in [0.2, 0.25) is 0 Å². The van der Waals surface area contributed by atoms with Crippen LogP contribution >= 0.6 is 11.8 Å². The third-order valence-corrected chi connectivity index (χ3v) is 5.51. The first-order valence-electron chi connectivity index (χ1n) is 9.23. The lowest BCUT2D eigenvalue weighted by Crippen LogP contribution is -2.31. The minimum atomic E-state index is 0.912.